The zero-order chi connectivity index (χ0) is 12.4. The standard InChI is InChI=1S/C13H18FNO2/c1-9(16)13-11(14)4-3-5-12(13)15(2)10-6-7-17-8-10/h3-5,9-10,16H,6-8H2,1-2H3/t9-,10?/m0/s1. The third-order valence-corrected chi connectivity index (χ3v) is 3.28. The first kappa shape index (κ1) is 12.3. The maximum Gasteiger partial charge on any atom is 0.131 e. The maximum atomic E-state index is 13.7. The van der Waals surface area contributed by atoms with Crippen LogP contribution in [-0.4, -0.2) is 31.4 Å². The van der Waals surface area contributed by atoms with Gasteiger partial charge >= 0.3 is 0 Å². The first-order chi connectivity index (χ1) is 8.11. The predicted octanol–water partition coefficient (Wildman–Crippen LogP) is 2.10. The van der Waals surface area contributed by atoms with E-state index in [1.54, 1.807) is 13.0 Å². The van der Waals surface area contributed by atoms with Crippen molar-refractivity contribution in [3.05, 3.63) is 29.6 Å². The Morgan fingerprint density at radius 1 is 1.53 bits per heavy atom. The van der Waals surface area contributed by atoms with Crippen LogP contribution in [0.2, 0.25) is 0 Å². The van der Waals surface area contributed by atoms with Gasteiger partial charge in [-0.15, -0.1) is 0 Å². The molecule has 1 N–H and O–H groups in total. The van der Waals surface area contributed by atoms with E-state index < -0.39 is 6.10 Å². The highest BCUT2D eigenvalue weighted by Crippen LogP contribution is 2.30. The van der Waals surface area contributed by atoms with Crippen LogP contribution < -0.4 is 4.90 Å². The van der Waals surface area contributed by atoms with Crippen molar-refractivity contribution in [3.8, 4) is 0 Å². The average molecular weight is 239 g/mol. The molecule has 0 spiro atoms. The largest absolute Gasteiger partial charge is 0.389 e. The van der Waals surface area contributed by atoms with Crippen LogP contribution >= 0.6 is 0 Å². The molecule has 1 saturated heterocycles. The third kappa shape index (κ3) is 2.42. The number of halogens is 1. The molecule has 94 valence electrons. The fourth-order valence-corrected chi connectivity index (χ4v) is 2.27. The lowest BCUT2D eigenvalue weighted by molar-refractivity contribution is 0.191. The summed E-state index contributed by atoms with van der Waals surface area (Å²) in [5, 5.41) is 9.68. The molecule has 0 saturated carbocycles. The Balaban J connectivity index is 2.33. The Morgan fingerprint density at radius 2 is 2.29 bits per heavy atom. The van der Waals surface area contributed by atoms with Gasteiger partial charge in [-0.2, -0.15) is 0 Å². The van der Waals surface area contributed by atoms with E-state index >= 15 is 0 Å². The molecule has 4 heteroatoms. The summed E-state index contributed by atoms with van der Waals surface area (Å²) in [4.78, 5) is 2.00. The second-order valence-electron chi connectivity index (χ2n) is 4.48. The van der Waals surface area contributed by atoms with Gasteiger partial charge in [0.25, 0.3) is 0 Å². The molecule has 0 radical (unpaired) electrons. The highest BCUT2D eigenvalue weighted by atomic mass is 19.1. The number of likely N-dealkylation sites (N-methyl/N-ethyl adjacent to an activating group) is 1. The van der Waals surface area contributed by atoms with Gasteiger partial charge in [0.2, 0.25) is 0 Å². The van der Waals surface area contributed by atoms with Crippen molar-refractivity contribution in [3.63, 3.8) is 0 Å². The van der Waals surface area contributed by atoms with Gasteiger partial charge in [0.1, 0.15) is 5.82 Å². The quantitative estimate of drug-likeness (QED) is 0.876. The lowest BCUT2D eigenvalue weighted by atomic mass is 10.1. The average Bonchev–Trinajstić information content (AvgIpc) is 2.80. The van der Waals surface area contributed by atoms with Gasteiger partial charge in [-0.1, -0.05) is 6.07 Å². The summed E-state index contributed by atoms with van der Waals surface area (Å²) < 4.78 is 19.1. The van der Waals surface area contributed by atoms with E-state index in [-0.39, 0.29) is 11.9 Å². The summed E-state index contributed by atoms with van der Waals surface area (Å²) in [5.74, 6) is -0.358. The number of ether oxygens (including phenoxy) is 1. The molecule has 1 aromatic carbocycles. The number of hydrogen-bond acceptors (Lipinski definition) is 3. The molecule has 17 heavy (non-hydrogen) atoms. The summed E-state index contributed by atoms with van der Waals surface area (Å²) in [7, 11) is 1.92. The molecular weight excluding hydrogens is 221 g/mol. The van der Waals surface area contributed by atoms with Crippen molar-refractivity contribution in [2.45, 2.75) is 25.5 Å². The molecule has 0 bridgehead atoms. The molecular formula is C13H18FNO2. The number of aliphatic hydroxyl groups excluding tert-OH is 1. The zero-order valence-electron chi connectivity index (χ0n) is 10.2. The molecule has 3 nitrogen and oxygen atoms in total. The van der Waals surface area contributed by atoms with Gasteiger partial charge in [-0.3, -0.25) is 0 Å². The zero-order valence-corrected chi connectivity index (χ0v) is 10.2. The molecule has 1 aromatic rings. The van der Waals surface area contributed by atoms with Crippen LogP contribution in [-0.2, 0) is 4.74 Å². The summed E-state index contributed by atoms with van der Waals surface area (Å²) in [6.45, 7) is 2.99. The van der Waals surface area contributed by atoms with E-state index in [1.807, 2.05) is 18.0 Å². The molecule has 2 rings (SSSR count). The molecule has 1 aliphatic heterocycles. The first-order valence-electron chi connectivity index (χ1n) is 5.88. The molecule has 1 aliphatic rings. The summed E-state index contributed by atoms with van der Waals surface area (Å²) in [6.07, 6.45) is 0.127. The Labute approximate surface area is 101 Å². The molecule has 1 fully saturated rings. The Hall–Kier alpha value is -1.13. The maximum absolute atomic E-state index is 13.7. The highest BCUT2D eigenvalue weighted by molar-refractivity contribution is 5.55. The minimum atomic E-state index is -0.809. The molecule has 1 heterocycles. The van der Waals surface area contributed by atoms with Gasteiger partial charge < -0.3 is 14.7 Å². The van der Waals surface area contributed by atoms with Crippen molar-refractivity contribution >= 4 is 5.69 Å². The Bertz CT molecular complexity index is 389. The van der Waals surface area contributed by atoms with E-state index in [4.69, 9.17) is 4.74 Å². The Kier molecular flexibility index (Phi) is 3.64. The second kappa shape index (κ2) is 5.02. The number of anilines is 1. The molecule has 1 unspecified atom stereocenters. The van der Waals surface area contributed by atoms with E-state index in [9.17, 15) is 9.50 Å². The summed E-state index contributed by atoms with van der Waals surface area (Å²) in [5.41, 5.74) is 1.11. The van der Waals surface area contributed by atoms with Crippen LogP contribution in [0, 0.1) is 5.82 Å². The van der Waals surface area contributed by atoms with Crippen molar-refractivity contribution in [2.75, 3.05) is 25.2 Å². The van der Waals surface area contributed by atoms with Crippen molar-refractivity contribution in [2.24, 2.45) is 0 Å². The van der Waals surface area contributed by atoms with E-state index in [1.165, 1.54) is 6.07 Å². The smallest absolute Gasteiger partial charge is 0.131 e. The normalized spacial score (nSPS) is 21.5. The molecule has 0 aromatic heterocycles. The predicted molar refractivity (Wildman–Crippen MR) is 64.7 cm³/mol. The van der Waals surface area contributed by atoms with Crippen LogP contribution in [0.5, 0.6) is 0 Å². The summed E-state index contributed by atoms with van der Waals surface area (Å²) in [6, 6.07) is 5.14. The number of benzene rings is 1. The van der Waals surface area contributed by atoms with E-state index in [0.717, 1.165) is 18.7 Å². The fraction of sp³-hybridized carbons (Fsp3) is 0.538. The fourth-order valence-electron chi connectivity index (χ4n) is 2.27. The lowest BCUT2D eigenvalue weighted by Crippen LogP contribution is -2.32. The molecule has 0 amide bonds. The number of hydrogen-bond donors (Lipinski definition) is 1. The van der Waals surface area contributed by atoms with E-state index in [0.29, 0.717) is 12.2 Å². The van der Waals surface area contributed by atoms with Gasteiger partial charge in [-0.25, -0.2) is 4.39 Å². The SMILES string of the molecule is C[C@H](O)c1c(F)cccc1N(C)C1CCOC1. The number of aliphatic hydroxyl groups is 1. The van der Waals surface area contributed by atoms with Crippen LogP contribution in [0.25, 0.3) is 0 Å². The van der Waals surface area contributed by atoms with Crippen molar-refractivity contribution in [1.29, 1.82) is 0 Å². The number of rotatable bonds is 3. The number of nitrogens with zero attached hydrogens (tertiary/aromatic N) is 1. The van der Waals surface area contributed by atoms with Gasteiger partial charge in [0.15, 0.2) is 0 Å². The van der Waals surface area contributed by atoms with Crippen LogP contribution in [0.1, 0.15) is 25.0 Å². The van der Waals surface area contributed by atoms with Crippen LogP contribution in [0.15, 0.2) is 18.2 Å². The third-order valence-electron chi connectivity index (χ3n) is 3.28. The summed E-state index contributed by atoms with van der Waals surface area (Å²) >= 11 is 0. The van der Waals surface area contributed by atoms with Crippen molar-refractivity contribution in [1.82, 2.24) is 0 Å². The highest BCUT2D eigenvalue weighted by Gasteiger charge is 2.24. The monoisotopic (exact) mass is 239 g/mol. The minimum Gasteiger partial charge on any atom is -0.389 e. The van der Waals surface area contributed by atoms with Crippen molar-refractivity contribution < 1.29 is 14.2 Å². The first-order valence-corrected chi connectivity index (χ1v) is 5.88. The second-order valence-corrected chi connectivity index (χ2v) is 4.48. The minimum absolute atomic E-state index is 0.259. The van der Waals surface area contributed by atoms with Gasteiger partial charge in [-0.05, 0) is 25.5 Å². The van der Waals surface area contributed by atoms with Gasteiger partial charge in [0.05, 0.1) is 18.8 Å². The van der Waals surface area contributed by atoms with Gasteiger partial charge in [0, 0.05) is 24.9 Å². The van der Waals surface area contributed by atoms with Crippen LogP contribution in [0.4, 0.5) is 10.1 Å². The van der Waals surface area contributed by atoms with Crippen LogP contribution in [0.3, 0.4) is 0 Å². The lowest BCUT2D eigenvalue weighted by Gasteiger charge is -2.28. The van der Waals surface area contributed by atoms with E-state index in [2.05, 4.69) is 0 Å². The molecule has 2 atom stereocenters. The Morgan fingerprint density at radius 3 is 2.88 bits per heavy atom. The molecule has 0 aliphatic carbocycles. The topological polar surface area (TPSA) is 32.7 Å².